The van der Waals surface area contributed by atoms with Gasteiger partial charge >= 0.3 is 0 Å². The molecule has 0 aromatic heterocycles. The van der Waals surface area contributed by atoms with Gasteiger partial charge in [0.1, 0.15) is 24.4 Å². The van der Waals surface area contributed by atoms with Gasteiger partial charge in [-0.2, -0.15) is 0 Å². The van der Waals surface area contributed by atoms with Gasteiger partial charge in [0.15, 0.2) is 17.9 Å². The summed E-state index contributed by atoms with van der Waals surface area (Å²) in [6.45, 7) is 10.0. The molecule has 20 heavy (non-hydrogen) atoms. The van der Waals surface area contributed by atoms with Gasteiger partial charge in [-0.25, -0.2) is 0 Å². The van der Waals surface area contributed by atoms with Gasteiger partial charge in [-0.3, -0.25) is 0 Å². The highest BCUT2D eigenvalue weighted by Gasteiger charge is 2.58. The normalized spacial score (nSPS) is 45.5. The molecule has 3 aliphatic heterocycles. The van der Waals surface area contributed by atoms with Crippen LogP contribution in [-0.2, 0) is 28.3 Å². The van der Waals surface area contributed by atoms with Crippen LogP contribution >= 0.6 is 0 Å². The van der Waals surface area contributed by atoms with Gasteiger partial charge in [-0.1, -0.05) is 6.82 Å². The highest BCUT2D eigenvalue weighted by molar-refractivity contribution is 6.24. The summed E-state index contributed by atoms with van der Waals surface area (Å²) < 4.78 is 35.0. The van der Waals surface area contributed by atoms with E-state index in [0.717, 1.165) is 0 Å². The molecule has 3 aliphatic rings. The van der Waals surface area contributed by atoms with Gasteiger partial charge in [0, 0.05) is 0 Å². The summed E-state index contributed by atoms with van der Waals surface area (Å²) in [5.41, 5.74) is 0. The molecule has 114 valence electrons. The Hall–Kier alpha value is -0.175. The first-order valence-corrected chi connectivity index (χ1v) is 7.26. The Labute approximate surface area is 120 Å². The molecule has 0 amide bonds. The van der Waals surface area contributed by atoms with Gasteiger partial charge < -0.3 is 28.3 Å². The van der Waals surface area contributed by atoms with Crippen molar-refractivity contribution in [3.8, 4) is 0 Å². The van der Waals surface area contributed by atoms with Gasteiger partial charge in [-0.15, -0.1) is 0 Å². The fourth-order valence-electron chi connectivity index (χ4n) is 3.06. The molecule has 7 heteroatoms. The lowest BCUT2D eigenvalue weighted by atomic mass is 10.0. The minimum Gasteiger partial charge on any atom is -0.432 e. The molecule has 0 N–H and O–H groups in total. The molecular weight excluding hydrogens is 263 g/mol. The van der Waals surface area contributed by atoms with Crippen molar-refractivity contribution in [2.75, 3.05) is 6.61 Å². The van der Waals surface area contributed by atoms with E-state index < -0.39 is 17.9 Å². The molecule has 6 nitrogen and oxygen atoms in total. The van der Waals surface area contributed by atoms with Crippen LogP contribution in [0.5, 0.6) is 0 Å². The summed E-state index contributed by atoms with van der Waals surface area (Å²) in [5.74, 6) is -1.22. The van der Waals surface area contributed by atoms with Crippen LogP contribution in [0.3, 0.4) is 0 Å². The summed E-state index contributed by atoms with van der Waals surface area (Å²) in [4.78, 5) is 0. The van der Waals surface area contributed by atoms with E-state index in [0.29, 0.717) is 14.1 Å². The van der Waals surface area contributed by atoms with Crippen LogP contribution in [-0.4, -0.2) is 56.4 Å². The number of rotatable bonds is 3. The monoisotopic (exact) mass is 286 g/mol. The highest BCUT2D eigenvalue weighted by atomic mass is 16.8. The van der Waals surface area contributed by atoms with Crippen LogP contribution in [0.15, 0.2) is 0 Å². The second-order valence-electron chi connectivity index (χ2n) is 6.36. The zero-order valence-corrected chi connectivity index (χ0v) is 12.8. The zero-order chi connectivity index (χ0) is 14.5. The Morgan fingerprint density at radius 3 is 2.35 bits per heavy atom. The quantitative estimate of drug-likeness (QED) is 0.715. The first-order valence-electron chi connectivity index (χ1n) is 7.26. The lowest BCUT2D eigenvalue weighted by molar-refractivity contribution is -0.230. The van der Waals surface area contributed by atoms with Crippen molar-refractivity contribution in [3.05, 3.63) is 0 Å². The number of hydrogen-bond acceptors (Lipinski definition) is 6. The molecule has 0 aromatic rings. The van der Waals surface area contributed by atoms with Gasteiger partial charge in [0.25, 0.3) is 7.48 Å². The smallest absolute Gasteiger partial charge is 0.272 e. The van der Waals surface area contributed by atoms with Crippen LogP contribution in [0.1, 0.15) is 27.7 Å². The minimum atomic E-state index is -0.637. The standard InChI is InChI=1S/C13H23BO6/c1-12(2)15-6-7(17-12)8-9(20-14-5)10-11(16-8)19-13(3,4)18-10/h7-11,14H,6H2,1-5H3/t7-,8-,9-,10-,11?/m1/s1. The predicted octanol–water partition coefficient (Wildman–Crippen LogP) is 0.799. The lowest BCUT2D eigenvalue weighted by Crippen LogP contribution is -2.44. The van der Waals surface area contributed by atoms with E-state index in [2.05, 4.69) is 0 Å². The summed E-state index contributed by atoms with van der Waals surface area (Å²) in [7, 11) is 0.592. The molecule has 0 aliphatic carbocycles. The van der Waals surface area contributed by atoms with Crippen molar-refractivity contribution in [2.45, 2.75) is 76.8 Å². The Bertz CT molecular complexity index is 374. The van der Waals surface area contributed by atoms with E-state index in [9.17, 15) is 0 Å². The Morgan fingerprint density at radius 2 is 1.75 bits per heavy atom. The van der Waals surface area contributed by atoms with Crippen molar-refractivity contribution in [2.24, 2.45) is 0 Å². The predicted molar refractivity (Wildman–Crippen MR) is 71.5 cm³/mol. The molecule has 0 bridgehead atoms. The number of fused-ring (bicyclic) bond motifs is 1. The molecule has 0 saturated carbocycles. The van der Waals surface area contributed by atoms with Crippen molar-refractivity contribution in [3.63, 3.8) is 0 Å². The molecule has 3 saturated heterocycles. The minimum absolute atomic E-state index is 0.164. The third-order valence-electron chi connectivity index (χ3n) is 3.78. The molecular formula is C13H23BO6. The maximum Gasteiger partial charge on any atom is 0.272 e. The van der Waals surface area contributed by atoms with Crippen molar-refractivity contribution in [1.82, 2.24) is 0 Å². The maximum atomic E-state index is 5.99. The topological polar surface area (TPSA) is 55.4 Å². The van der Waals surface area contributed by atoms with Gasteiger partial charge in [-0.05, 0) is 27.7 Å². The molecule has 3 heterocycles. The largest absolute Gasteiger partial charge is 0.432 e. The van der Waals surface area contributed by atoms with E-state index in [1.54, 1.807) is 0 Å². The molecule has 0 aromatic carbocycles. The molecule has 0 spiro atoms. The number of hydrogen-bond donors (Lipinski definition) is 0. The average Bonchev–Trinajstić information content (AvgIpc) is 2.91. The zero-order valence-electron chi connectivity index (χ0n) is 12.8. The summed E-state index contributed by atoms with van der Waals surface area (Å²) in [6, 6.07) is 0. The molecule has 3 fully saturated rings. The van der Waals surface area contributed by atoms with Crippen molar-refractivity contribution >= 4 is 7.48 Å². The highest BCUT2D eigenvalue weighted by Crippen LogP contribution is 2.41. The van der Waals surface area contributed by atoms with E-state index in [-0.39, 0.29) is 24.4 Å². The molecule has 1 unspecified atom stereocenters. The fourth-order valence-corrected chi connectivity index (χ4v) is 3.06. The number of ether oxygens (including phenoxy) is 5. The van der Waals surface area contributed by atoms with E-state index in [1.165, 1.54) is 0 Å². The Kier molecular flexibility index (Phi) is 3.64. The summed E-state index contributed by atoms with van der Waals surface area (Å²) in [6.07, 6.45) is -1.22. The molecule has 0 radical (unpaired) electrons. The third kappa shape index (κ3) is 2.63. The van der Waals surface area contributed by atoms with Gasteiger partial charge in [0.05, 0.1) is 6.61 Å². The van der Waals surface area contributed by atoms with E-state index >= 15 is 0 Å². The van der Waals surface area contributed by atoms with Crippen LogP contribution < -0.4 is 0 Å². The van der Waals surface area contributed by atoms with Crippen LogP contribution in [0.4, 0.5) is 0 Å². The second-order valence-corrected chi connectivity index (χ2v) is 6.36. The lowest BCUT2D eigenvalue weighted by Gasteiger charge is -2.29. The second kappa shape index (κ2) is 4.93. The van der Waals surface area contributed by atoms with Crippen molar-refractivity contribution in [1.29, 1.82) is 0 Å². The van der Waals surface area contributed by atoms with E-state index in [4.69, 9.17) is 28.3 Å². The summed E-state index contributed by atoms with van der Waals surface area (Å²) in [5, 5.41) is 0. The Balaban J connectivity index is 1.73. The van der Waals surface area contributed by atoms with Crippen LogP contribution in [0, 0.1) is 0 Å². The first-order chi connectivity index (χ1) is 9.31. The van der Waals surface area contributed by atoms with Gasteiger partial charge in [0.2, 0.25) is 0 Å². The first kappa shape index (κ1) is 14.7. The fraction of sp³-hybridized carbons (Fsp3) is 1.00. The SMILES string of the molecule is CBO[C@@H]1[C@@H]([C@H]2COC(C)(C)O2)OC2OC(C)(C)O[C@@H]21. The average molecular weight is 286 g/mol. The van der Waals surface area contributed by atoms with Crippen LogP contribution in [0.2, 0.25) is 6.82 Å². The Morgan fingerprint density at radius 1 is 1.00 bits per heavy atom. The maximum absolute atomic E-state index is 5.99. The molecule has 3 rings (SSSR count). The third-order valence-corrected chi connectivity index (χ3v) is 3.78. The van der Waals surface area contributed by atoms with Crippen molar-refractivity contribution < 1.29 is 28.3 Å². The summed E-state index contributed by atoms with van der Waals surface area (Å²) >= 11 is 0. The van der Waals surface area contributed by atoms with Crippen LogP contribution in [0.25, 0.3) is 0 Å². The van der Waals surface area contributed by atoms with E-state index in [1.807, 2.05) is 34.5 Å². The molecule has 5 atom stereocenters.